The van der Waals surface area contributed by atoms with Crippen LogP contribution in [0.25, 0.3) is 0 Å². The van der Waals surface area contributed by atoms with Gasteiger partial charge < -0.3 is 14.6 Å². The van der Waals surface area contributed by atoms with E-state index in [1.165, 1.54) is 14.0 Å². The summed E-state index contributed by atoms with van der Waals surface area (Å²) in [7, 11) is 1.17. The highest BCUT2D eigenvalue weighted by molar-refractivity contribution is 5.92. The van der Waals surface area contributed by atoms with Crippen molar-refractivity contribution >= 4 is 12.3 Å². The van der Waals surface area contributed by atoms with Crippen LogP contribution in [0.15, 0.2) is 0 Å². The molecule has 0 amide bonds. The third kappa shape index (κ3) is 1.54. The van der Waals surface area contributed by atoms with E-state index in [-0.39, 0.29) is 0 Å². The topological polar surface area (TPSA) is 63.6 Å². The Hall–Kier alpha value is -0.900. The largest absolute Gasteiger partial charge is 0.468 e. The average Bonchev–Trinajstić information content (AvgIpc) is 2.01. The smallest absolute Gasteiger partial charge is 0.321 e. The van der Waals surface area contributed by atoms with Gasteiger partial charge in [0.2, 0.25) is 0 Å². The Morgan fingerprint density at radius 3 is 2.40 bits per heavy atom. The second-order valence-corrected chi connectivity index (χ2v) is 2.19. The van der Waals surface area contributed by atoms with Crippen LogP contribution in [0.1, 0.15) is 6.92 Å². The van der Waals surface area contributed by atoms with Crippen LogP contribution in [0.5, 0.6) is 0 Å². The monoisotopic (exact) mass is 146 g/mol. The summed E-state index contributed by atoms with van der Waals surface area (Å²) in [5.74, 6) is -0.718. The second-order valence-electron chi connectivity index (χ2n) is 2.19. The summed E-state index contributed by atoms with van der Waals surface area (Å²) in [6.07, 6.45) is 0.374. The van der Waals surface area contributed by atoms with Gasteiger partial charge in [-0.3, -0.25) is 4.79 Å². The molecule has 1 unspecified atom stereocenters. The van der Waals surface area contributed by atoms with Crippen molar-refractivity contribution in [3.63, 3.8) is 0 Å². The van der Waals surface area contributed by atoms with E-state index in [1.807, 2.05) is 0 Å². The van der Waals surface area contributed by atoms with Crippen molar-refractivity contribution in [2.45, 2.75) is 6.92 Å². The van der Waals surface area contributed by atoms with Crippen LogP contribution in [-0.4, -0.2) is 31.1 Å². The fourth-order valence-electron chi connectivity index (χ4n) is 0.383. The minimum absolute atomic E-state index is 0.374. The molecule has 0 aliphatic rings. The minimum Gasteiger partial charge on any atom is -0.468 e. The lowest BCUT2D eigenvalue weighted by Gasteiger charge is -2.15. The predicted molar refractivity (Wildman–Crippen MR) is 33.3 cm³/mol. The molecule has 0 aromatic rings. The Bertz CT molecular complexity index is 143. The summed E-state index contributed by atoms with van der Waals surface area (Å²) in [5.41, 5.74) is -1.39. The molecule has 1 N–H and O–H groups in total. The van der Waals surface area contributed by atoms with Crippen LogP contribution < -0.4 is 0 Å². The predicted octanol–water partition coefficient (Wildman–Crippen LogP) is -0.643. The number of aliphatic hydroxyl groups is 1. The number of ether oxygens (including phenoxy) is 1. The van der Waals surface area contributed by atoms with Gasteiger partial charge >= 0.3 is 5.97 Å². The highest BCUT2D eigenvalue weighted by Crippen LogP contribution is 2.12. The normalized spacial score (nSPS) is 15.5. The number of rotatable bonds is 3. The highest BCUT2D eigenvalue weighted by Gasteiger charge is 2.33. The number of esters is 1. The van der Waals surface area contributed by atoms with Crippen molar-refractivity contribution in [1.82, 2.24) is 0 Å². The molecular weight excluding hydrogens is 136 g/mol. The summed E-state index contributed by atoms with van der Waals surface area (Å²) in [4.78, 5) is 20.9. The quantitative estimate of drug-likeness (QED) is 0.326. The molecule has 0 saturated heterocycles. The van der Waals surface area contributed by atoms with Crippen LogP contribution >= 0.6 is 0 Å². The molecule has 0 aliphatic carbocycles. The lowest BCUT2D eigenvalue weighted by Crippen LogP contribution is -2.34. The van der Waals surface area contributed by atoms with E-state index in [1.54, 1.807) is 0 Å². The van der Waals surface area contributed by atoms with E-state index < -0.39 is 18.0 Å². The van der Waals surface area contributed by atoms with Gasteiger partial charge in [0.05, 0.1) is 13.7 Å². The molecule has 0 saturated carbocycles. The van der Waals surface area contributed by atoms with E-state index >= 15 is 0 Å². The first kappa shape index (κ1) is 9.10. The maximum absolute atomic E-state index is 10.7. The molecule has 4 heteroatoms. The van der Waals surface area contributed by atoms with Crippen molar-refractivity contribution < 1.29 is 19.4 Å². The maximum Gasteiger partial charge on any atom is 0.321 e. The van der Waals surface area contributed by atoms with Crippen LogP contribution in [0.3, 0.4) is 0 Å². The molecule has 0 aromatic carbocycles. The molecule has 0 heterocycles. The van der Waals surface area contributed by atoms with Crippen molar-refractivity contribution in [3.05, 3.63) is 0 Å². The van der Waals surface area contributed by atoms with Gasteiger partial charge in [-0.25, -0.2) is 0 Å². The Morgan fingerprint density at radius 1 is 1.80 bits per heavy atom. The lowest BCUT2D eigenvalue weighted by atomic mass is 9.95. The van der Waals surface area contributed by atoms with E-state index in [9.17, 15) is 9.59 Å². The number of hydrogen-bond acceptors (Lipinski definition) is 4. The molecule has 58 valence electrons. The first-order chi connectivity index (χ1) is 4.60. The van der Waals surface area contributed by atoms with Gasteiger partial charge in [0.1, 0.15) is 11.7 Å². The summed E-state index contributed by atoms with van der Waals surface area (Å²) >= 11 is 0. The summed E-state index contributed by atoms with van der Waals surface area (Å²) in [6.45, 7) is 0.787. The van der Waals surface area contributed by atoms with E-state index in [2.05, 4.69) is 4.74 Å². The zero-order valence-electron chi connectivity index (χ0n) is 5.96. The number of aliphatic hydroxyl groups excluding tert-OH is 1. The minimum atomic E-state index is -1.39. The maximum atomic E-state index is 10.7. The molecule has 0 bridgehead atoms. The van der Waals surface area contributed by atoms with Gasteiger partial charge in [-0.2, -0.15) is 0 Å². The lowest BCUT2D eigenvalue weighted by molar-refractivity contribution is -0.155. The third-order valence-electron chi connectivity index (χ3n) is 1.24. The van der Waals surface area contributed by atoms with Crippen LogP contribution in [0.2, 0.25) is 0 Å². The molecule has 0 aliphatic heterocycles. The first-order valence-corrected chi connectivity index (χ1v) is 2.76. The number of aldehydes is 1. The van der Waals surface area contributed by atoms with Crippen molar-refractivity contribution in [3.8, 4) is 0 Å². The Morgan fingerprint density at radius 2 is 2.30 bits per heavy atom. The van der Waals surface area contributed by atoms with Crippen molar-refractivity contribution in [1.29, 1.82) is 0 Å². The standard InChI is InChI=1S/C6H10O4/c1-6(3-7,4-8)5(9)10-2/h3,8H,4H2,1-2H3. The van der Waals surface area contributed by atoms with Crippen molar-refractivity contribution in [2.75, 3.05) is 13.7 Å². The Kier molecular flexibility index (Phi) is 3.02. The van der Waals surface area contributed by atoms with Gasteiger partial charge in [0.25, 0.3) is 0 Å². The Balaban J connectivity index is 4.31. The second kappa shape index (κ2) is 3.31. The van der Waals surface area contributed by atoms with Crippen LogP contribution in [0.4, 0.5) is 0 Å². The van der Waals surface area contributed by atoms with Gasteiger partial charge in [-0.1, -0.05) is 0 Å². The summed E-state index contributed by atoms with van der Waals surface area (Å²) < 4.78 is 4.27. The molecule has 0 radical (unpaired) electrons. The van der Waals surface area contributed by atoms with Crippen molar-refractivity contribution in [2.24, 2.45) is 5.41 Å². The average molecular weight is 146 g/mol. The number of carbonyl (C=O) groups excluding carboxylic acids is 2. The summed E-state index contributed by atoms with van der Waals surface area (Å²) in [6, 6.07) is 0. The van der Waals surface area contributed by atoms with Crippen LogP contribution in [-0.2, 0) is 14.3 Å². The Labute approximate surface area is 58.8 Å². The molecular formula is C6H10O4. The summed E-state index contributed by atoms with van der Waals surface area (Å²) in [5, 5.41) is 8.55. The number of carbonyl (C=O) groups is 2. The van der Waals surface area contributed by atoms with E-state index in [0.29, 0.717) is 6.29 Å². The zero-order valence-corrected chi connectivity index (χ0v) is 5.96. The van der Waals surface area contributed by atoms with Gasteiger partial charge in [0, 0.05) is 0 Å². The molecule has 0 fully saturated rings. The molecule has 0 aromatic heterocycles. The molecule has 0 rings (SSSR count). The fraction of sp³-hybridized carbons (Fsp3) is 0.667. The molecule has 0 spiro atoms. The molecule has 1 atom stereocenters. The zero-order chi connectivity index (χ0) is 8.20. The SMILES string of the molecule is COC(=O)C(C)(C=O)CO. The third-order valence-corrected chi connectivity index (χ3v) is 1.24. The van der Waals surface area contributed by atoms with Crippen LogP contribution in [0, 0.1) is 5.41 Å². The van der Waals surface area contributed by atoms with Gasteiger partial charge in [0.15, 0.2) is 0 Å². The highest BCUT2D eigenvalue weighted by atomic mass is 16.5. The van der Waals surface area contributed by atoms with E-state index in [0.717, 1.165) is 0 Å². The number of methoxy groups -OCH3 is 1. The fourth-order valence-corrected chi connectivity index (χ4v) is 0.383. The number of hydrogen-bond donors (Lipinski definition) is 1. The molecule has 4 nitrogen and oxygen atoms in total. The van der Waals surface area contributed by atoms with Gasteiger partial charge in [-0.15, -0.1) is 0 Å². The van der Waals surface area contributed by atoms with E-state index in [4.69, 9.17) is 5.11 Å². The first-order valence-electron chi connectivity index (χ1n) is 2.76. The molecule has 10 heavy (non-hydrogen) atoms. The van der Waals surface area contributed by atoms with Gasteiger partial charge in [-0.05, 0) is 6.92 Å².